The fraction of sp³-hybridized carbons (Fsp3) is 0.643. The molecule has 1 aromatic heterocycles. The van der Waals surface area contributed by atoms with Gasteiger partial charge in [-0.2, -0.15) is 0 Å². The van der Waals surface area contributed by atoms with Crippen molar-refractivity contribution < 1.29 is 13.2 Å². The lowest BCUT2D eigenvalue weighted by molar-refractivity contribution is 0.0603. The first-order chi connectivity index (χ1) is 10.9. The third-order valence-electron chi connectivity index (χ3n) is 3.85. The molecule has 0 radical (unpaired) electrons. The molecule has 0 bridgehead atoms. The Labute approximate surface area is 136 Å². The number of likely N-dealkylation sites (tertiary alicyclic amines) is 1. The van der Waals surface area contributed by atoms with Gasteiger partial charge in [-0.25, -0.2) is 23.1 Å². The molecule has 0 saturated carbocycles. The van der Waals surface area contributed by atoms with E-state index >= 15 is 0 Å². The number of amides is 1. The first-order valence-corrected chi connectivity index (χ1v) is 9.55. The zero-order valence-electron chi connectivity index (χ0n) is 13.4. The summed E-state index contributed by atoms with van der Waals surface area (Å²) in [6, 6.07) is 0.0366. The molecule has 0 spiro atoms. The van der Waals surface area contributed by atoms with Crippen LogP contribution < -0.4 is 10.0 Å². The molecular formula is C14H23N5O3S. The summed E-state index contributed by atoms with van der Waals surface area (Å²) in [5.41, 5.74) is 0.451. The first kappa shape index (κ1) is 17.6. The van der Waals surface area contributed by atoms with E-state index < -0.39 is 10.0 Å². The Hall–Kier alpha value is -1.74. The van der Waals surface area contributed by atoms with E-state index in [2.05, 4.69) is 20.0 Å². The summed E-state index contributed by atoms with van der Waals surface area (Å²) in [5, 5.41) is 2.81. The predicted molar refractivity (Wildman–Crippen MR) is 87.7 cm³/mol. The summed E-state index contributed by atoms with van der Waals surface area (Å²) < 4.78 is 24.8. The molecule has 1 aromatic rings. The van der Waals surface area contributed by atoms with Crippen LogP contribution in [0.2, 0.25) is 0 Å². The molecule has 0 aromatic carbocycles. The van der Waals surface area contributed by atoms with Crippen molar-refractivity contribution in [1.29, 1.82) is 0 Å². The average Bonchev–Trinajstić information content (AvgIpc) is 2.53. The number of nitrogens with one attached hydrogen (secondary N) is 2. The molecule has 2 rings (SSSR count). The summed E-state index contributed by atoms with van der Waals surface area (Å²) in [7, 11) is -1.49. The number of aromatic nitrogens is 2. The maximum Gasteiger partial charge on any atom is 0.257 e. The summed E-state index contributed by atoms with van der Waals surface area (Å²) >= 11 is 0. The van der Waals surface area contributed by atoms with Crippen molar-refractivity contribution in [2.75, 3.05) is 31.7 Å². The minimum Gasteiger partial charge on any atom is -0.357 e. The van der Waals surface area contributed by atoms with Gasteiger partial charge < -0.3 is 10.2 Å². The van der Waals surface area contributed by atoms with Gasteiger partial charge in [0, 0.05) is 38.6 Å². The van der Waals surface area contributed by atoms with Crippen molar-refractivity contribution in [2.45, 2.75) is 31.7 Å². The summed E-state index contributed by atoms with van der Waals surface area (Å²) in [4.78, 5) is 22.6. The highest BCUT2D eigenvalue weighted by molar-refractivity contribution is 7.88. The second-order valence-electron chi connectivity index (χ2n) is 5.65. The number of carbonyl (C=O) groups is 1. The Kier molecular flexibility index (Phi) is 5.89. The topological polar surface area (TPSA) is 104 Å². The van der Waals surface area contributed by atoms with Crippen molar-refractivity contribution in [1.82, 2.24) is 19.6 Å². The molecule has 9 heteroatoms. The number of hydrogen-bond donors (Lipinski definition) is 2. The van der Waals surface area contributed by atoms with Gasteiger partial charge in [0.05, 0.1) is 11.8 Å². The van der Waals surface area contributed by atoms with Gasteiger partial charge in [-0.1, -0.05) is 0 Å². The van der Waals surface area contributed by atoms with E-state index in [1.165, 1.54) is 12.4 Å². The molecule has 2 heterocycles. The van der Waals surface area contributed by atoms with Crippen LogP contribution in [0.3, 0.4) is 0 Å². The Bertz CT molecular complexity index is 632. The SMILES string of the molecule is CNc1ncc(C(=O)N2CCCC[C@H]2CCNS(C)(=O)=O)cn1. The molecule has 1 aliphatic heterocycles. The quantitative estimate of drug-likeness (QED) is 0.778. The summed E-state index contributed by atoms with van der Waals surface area (Å²) in [6.45, 7) is 1.01. The van der Waals surface area contributed by atoms with Crippen LogP contribution in [-0.4, -0.2) is 61.6 Å². The van der Waals surface area contributed by atoms with Crippen LogP contribution >= 0.6 is 0 Å². The maximum absolute atomic E-state index is 12.7. The standard InChI is InChI=1S/C14H23N5O3S/c1-15-14-16-9-11(10-17-14)13(20)19-8-4-3-5-12(19)6-7-18-23(2,21)22/h9-10,12,18H,3-8H2,1-2H3,(H,15,16,17)/t12-/m0/s1. The van der Waals surface area contributed by atoms with Crippen molar-refractivity contribution in [2.24, 2.45) is 0 Å². The highest BCUT2D eigenvalue weighted by atomic mass is 32.2. The lowest BCUT2D eigenvalue weighted by Crippen LogP contribution is -2.45. The van der Waals surface area contributed by atoms with Gasteiger partial charge in [0.15, 0.2) is 0 Å². The zero-order chi connectivity index (χ0) is 16.9. The highest BCUT2D eigenvalue weighted by Crippen LogP contribution is 2.21. The van der Waals surface area contributed by atoms with Crippen molar-refractivity contribution in [3.8, 4) is 0 Å². The van der Waals surface area contributed by atoms with Crippen LogP contribution in [0.25, 0.3) is 0 Å². The predicted octanol–water partition coefficient (Wildman–Crippen LogP) is 0.452. The number of carbonyl (C=O) groups excluding carboxylic acids is 1. The molecule has 1 atom stereocenters. The Morgan fingerprint density at radius 2 is 2.04 bits per heavy atom. The lowest BCUT2D eigenvalue weighted by Gasteiger charge is -2.35. The van der Waals surface area contributed by atoms with Crippen molar-refractivity contribution in [3.05, 3.63) is 18.0 Å². The first-order valence-electron chi connectivity index (χ1n) is 7.66. The Balaban J connectivity index is 2.02. The number of anilines is 1. The molecule has 1 aliphatic rings. The molecule has 0 aliphatic carbocycles. The second kappa shape index (κ2) is 7.69. The molecule has 128 valence electrons. The van der Waals surface area contributed by atoms with E-state index in [0.717, 1.165) is 25.5 Å². The monoisotopic (exact) mass is 341 g/mol. The number of piperidine rings is 1. The Morgan fingerprint density at radius 3 is 2.65 bits per heavy atom. The van der Waals surface area contributed by atoms with Crippen LogP contribution in [0.5, 0.6) is 0 Å². The molecule has 1 amide bonds. The van der Waals surface area contributed by atoms with Crippen molar-refractivity contribution >= 4 is 21.9 Å². The molecule has 1 saturated heterocycles. The second-order valence-corrected chi connectivity index (χ2v) is 7.48. The van der Waals surface area contributed by atoms with E-state index in [1.807, 2.05) is 4.90 Å². The Morgan fingerprint density at radius 1 is 1.35 bits per heavy atom. The van der Waals surface area contributed by atoms with Crippen LogP contribution in [-0.2, 0) is 10.0 Å². The molecule has 0 unspecified atom stereocenters. The van der Waals surface area contributed by atoms with E-state index in [0.29, 0.717) is 31.0 Å². The van der Waals surface area contributed by atoms with Crippen LogP contribution in [0.4, 0.5) is 5.95 Å². The molecule has 8 nitrogen and oxygen atoms in total. The number of nitrogens with zero attached hydrogens (tertiary/aromatic N) is 3. The minimum atomic E-state index is -3.20. The normalized spacial score (nSPS) is 18.7. The smallest absolute Gasteiger partial charge is 0.257 e. The number of rotatable bonds is 6. The number of hydrogen-bond acceptors (Lipinski definition) is 6. The summed E-state index contributed by atoms with van der Waals surface area (Å²) in [5.74, 6) is 0.366. The van der Waals surface area contributed by atoms with Crippen LogP contribution in [0.15, 0.2) is 12.4 Å². The zero-order valence-corrected chi connectivity index (χ0v) is 14.3. The van der Waals surface area contributed by atoms with Crippen molar-refractivity contribution in [3.63, 3.8) is 0 Å². The van der Waals surface area contributed by atoms with Gasteiger partial charge in [0.1, 0.15) is 0 Å². The highest BCUT2D eigenvalue weighted by Gasteiger charge is 2.27. The summed E-state index contributed by atoms with van der Waals surface area (Å²) in [6.07, 6.45) is 7.65. The largest absolute Gasteiger partial charge is 0.357 e. The fourth-order valence-corrected chi connectivity index (χ4v) is 3.20. The minimum absolute atomic E-state index is 0.0366. The number of sulfonamides is 1. The van der Waals surface area contributed by atoms with Gasteiger partial charge in [0.25, 0.3) is 5.91 Å². The molecule has 23 heavy (non-hydrogen) atoms. The van der Waals surface area contributed by atoms with Gasteiger partial charge >= 0.3 is 0 Å². The van der Waals surface area contributed by atoms with Gasteiger partial charge in [-0.3, -0.25) is 4.79 Å². The third kappa shape index (κ3) is 5.14. The average molecular weight is 341 g/mol. The third-order valence-corrected chi connectivity index (χ3v) is 4.58. The van der Waals surface area contributed by atoms with Crippen LogP contribution in [0.1, 0.15) is 36.0 Å². The van der Waals surface area contributed by atoms with Gasteiger partial charge in [-0.15, -0.1) is 0 Å². The van der Waals surface area contributed by atoms with E-state index in [1.54, 1.807) is 7.05 Å². The molecule has 2 N–H and O–H groups in total. The van der Waals surface area contributed by atoms with E-state index in [-0.39, 0.29) is 11.9 Å². The molecule has 1 fully saturated rings. The van der Waals surface area contributed by atoms with Gasteiger partial charge in [0.2, 0.25) is 16.0 Å². The maximum atomic E-state index is 12.7. The fourth-order valence-electron chi connectivity index (χ4n) is 2.71. The van der Waals surface area contributed by atoms with E-state index in [4.69, 9.17) is 0 Å². The van der Waals surface area contributed by atoms with Crippen LogP contribution in [0, 0.1) is 0 Å². The molecular weight excluding hydrogens is 318 g/mol. The lowest BCUT2D eigenvalue weighted by atomic mass is 9.98. The van der Waals surface area contributed by atoms with Gasteiger partial charge in [-0.05, 0) is 25.7 Å². The van der Waals surface area contributed by atoms with E-state index in [9.17, 15) is 13.2 Å².